The summed E-state index contributed by atoms with van der Waals surface area (Å²) in [4.78, 5) is 25.8. The molecular formula is C16H21NO2. The largest absolute Gasteiger partial charge is 0.335 e. The molecule has 1 aliphatic heterocycles. The van der Waals surface area contributed by atoms with Gasteiger partial charge in [0.2, 0.25) is 5.91 Å². The van der Waals surface area contributed by atoms with Gasteiger partial charge in [0.05, 0.1) is 6.54 Å². The van der Waals surface area contributed by atoms with Gasteiger partial charge in [-0.25, -0.2) is 0 Å². The Labute approximate surface area is 114 Å². The van der Waals surface area contributed by atoms with E-state index in [0.717, 1.165) is 19.3 Å². The molecule has 2 rings (SSSR count). The molecule has 1 fully saturated rings. The topological polar surface area (TPSA) is 37.4 Å². The van der Waals surface area contributed by atoms with Crippen molar-refractivity contribution in [2.24, 2.45) is 5.92 Å². The molecular weight excluding hydrogens is 238 g/mol. The van der Waals surface area contributed by atoms with E-state index >= 15 is 0 Å². The quantitative estimate of drug-likeness (QED) is 0.780. The summed E-state index contributed by atoms with van der Waals surface area (Å²) in [6, 6.07) is 7.68. The van der Waals surface area contributed by atoms with E-state index in [1.54, 1.807) is 4.90 Å². The van der Waals surface area contributed by atoms with Crippen molar-refractivity contribution in [3.8, 4) is 0 Å². The van der Waals surface area contributed by atoms with Crippen LogP contribution in [0, 0.1) is 5.92 Å². The minimum Gasteiger partial charge on any atom is -0.335 e. The number of hydrogen-bond acceptors (Lipinski definition) is 2. The normalized spacial score (nSPS) is 19.6. The highest BCUT2D eigenvalue weighted by atomic mass is 16.2. The maximum Gasteiger partial charge on any atom is 0.225 e. The first-order valence-corrected chi connectivity index (χ1v) is 7.02. The number of nitrogens with zero attached hydrogens (tertiary/aromatic N) is 1. The molecule has 0 N–H and O–H groups in total. The zero-order valence-electron chi connectivity index (χ0n) is 11.7. The highest BCUT2D eigenvalue weighted by Gasteiger charge is 2.26. The van der Waals surface area contributed by atoms with Gasteiger partial charge in [-0.05, 0) is 24.8 Å². The van der Waals surface area contributed by atoms with Gasteiger partial charge in [-0.3, -0.25) is 9.59 Å². The first-order valence-electron chi connectivity index (χ1n) is 7.02. The molecule has 1 heterocycles. The van der Waals surface area contributed by atoms with Gasteiger partial charge in [0.1, 0.15) is 0 Å². The molecule has 3 nitrogen and oxygen atoms in total. The first kappa shape index (κ1) is 13.8. The number of benzene rings is 1. The number of amides is 1. The van der Waals surface area contributed by atoms with E-state index in [0.29, 0.717) is 12.1 Å². The van der Waals surface area contributed by atoms with E-state index in [1.165, 1.54) is 5.56 Å². The Bertz CT molecular complexity index is 464. The van der Waals surface area contributed by atoms with E-state index in [9.17, 15) is 9.59 Å². The maximum absolute atomic E-state index is 12.2. The van der Waals surface area contributed by atoms with Crippen LogP contribution in [0.2, 0.25) is 0 Å². The third-order valence-corrected chi connectivity index (χ3v) is 3.82. The van der Waals surface area contributed by atoms with Crippen molar-refractivity contribution in [2.75, 3.05) is 13.1 Å². The van der Waals surface area contributed by atoms with Gasteiger partial charge in [-0.15, -0.1) is 0 Å². The molecule has 1 aliphatic rings. The van der Waals surface area contributed by atoms with Crippen LogP contribution in [0.1, 0.15) is 42.6 Å². The summed E-state index contributed by atoms with van der Waals surface area (Å²) in [5.41, 5.74) is 1.92. The molecule has 0 bridgehead atoms. The maximum atomic E-state index is 12.2. The summed E-state index contributed by atoms with van der Waals surface area (Å²) >= 11 is 0. The lowest BCUT2D eigenvalue weighted by atomic mass is 9.98. The van der Waals surface area contributed by atoms with E-state index in [-0.39, 0.29) is 24.2 Å². The van der Waals surface area contributed by atoms with Crippen LogP contribution < -0.4 is 0 Å². The van der Waals surface area contributed by atoms with Crippen LogP contribution >= 0.6 is 0 Å². The fourth-order valence-corrected chi connectivity index (χ4v) is 2.48. The number of carbonyl (C=O) groups excluding carboxylic acids is 2. The predicted molar refractivity (Wildman–Crippen MR) is 75.1 cm³/mol. The third-order valence-electron chi connectivity index (χ3n) is 3.82. The third kappa shape index (κ3) is 3.22. The van der Waals surface area contributed by atoms with Crippen LogP contribution in [0.25, 0.3) is 0 Å². The lowest BCUT2D eigenvalue weighted by Crippen LogP contribution is -2.43. The van der Waals surface area contributed by atoms with Crippen molar-refractivity contribution in [3.05, 3.63) is 35.4 Å². The van der Waals surface area contributed by atoms with Crippen molar-refractivity contribution in [3.63, 3.8) is 0 Å². The summed E-state index contributed by atoms with van der Waals surface area (Å²) in [5.74, 6) is 0.207. The van der Waals surface area contributed by atoms with Crippen LogP contribution in [0.3, 0.4) is 0 Å². The fourth-order valence-electron chi connectivity index (χ4n) is 2.48. The van der Waals surface area contributed by atoms with Gasteiger partial charge in [0, 0.05) is 18.0 Å². The second kappa shape index (κ2) is 6.00. The van der Waals surface area contributed by atoms with E-state index in [4.69, 9.17) is 0 Å². The second-order valence-corrected chi connectivity index (χ2v) is 5.28. The van der Waals surface area contributed by atoms with E-state index < -0.39 is 0 Å². The Morgan fingerprint density at radius 3 is 2.63 bits per heavy atom. The number of piperidine rings is 1. The van der Waals surface area contributed by atoms with Crippen molar-refractivity contribution < 1.29 is 9.59 Å². The second-order valence-electron chi connectivity index (χ2n) is 5.28. The highest BCUT2D eigenvalue weighted by molar-refractivity contribution is 5.99. The monoisotopic (exact) mass is 259 g/mol. The summed E-state index contributed by atoms with van der Waals surface area (Å²) in [6.07, 6.45) is 2.90. The lowest BCUT2D eigenvalue weighted by molar-refractivity contribution is -0.137. The minimum absolute atomic E-state index is 0.0325. The molecule has 3 heteroatoms. The van der Waals surface area contributed by atoms with Crippen LogP contribution in [0.4, 0.5) is 0 Å². The summed E-state index contributed by atoms with van der Waals surface area (Å²) in [7, 11) is 0. The molecule has 1 saturated heterocycles. The predicted octanol–water partition coefficient (Wildman–Crippen LogP) is 2.69. The van der Waals surface area contributed by atoms with Crippen molar-refractivity contribution in [1.82, 2.24) is 4.90 Å². The molecule has 1 aromatic rings. The Morgan fingerprint density at radius 1 is 1.32 bits per heavy atom. The number of carbonyl (C=O) groups is 2. The zero-order chi connectivity index (χ0) is 13.8. The molecule has 102 valence electrons. The van der Waals surface area contributed by atoms with Crippen molar-refractivity contribution >= 4 is 11.7 Å². The molecule has 1 amide bonds. The number of hydrogen-bond donors (Lipinski definition) is 0. The molecule has 0 aliphatic carbocycles. The smallest absolute Gasteiger partial charge is 0.225 e. The molecule has 0 aromatic heterocycles. The Kier molecular flexibility index (Phi) is 4.35. The van der Waals surface area contributed by atoms with E-state index in [1.807, 2.05) is 31.2 Å². The van der Waals surface area contributed by atoms with Crippen LogP contribution in [-0.4, -0.2) is 29.7 Å². The van der Waals surface area contributed by atoms with Crippen LogP contribution in [0.15, 0.2) is 24.3 Å². The van der Waals surface area contributed by atoms with Gasteiger partial charge < -0.3 is 4.90 Å². The molecule has 1 unspecified atom stereocenters. The summed E-state index contributed by atoms with van der Waals surface area (Å²) in [5, 5.41) is 0. The van der Waals surface area contributed by atoms with Gasteiger partial charge in [0.25, 0.3) is 0 Å². The summed E-state index contributed by atoms with van der Waals surface area (Å²) < 4.78 is 0. The molecule has 1 atom stereocenters. The van der Waals surface area contributed by atoms with Crippen LogP contribution in [0.5, 0.6) is 0 Å². The van der Waals surface area contributed by atoms with Gasteiger partial charge in [-0.2, -0.15) is 0 Å². The fraction of sp³-hybridized carbons (Fsp3) is 0.500. The summed E-state index contributed by atoms with van der Waals surface area (Å²) in [6.45, 7) is 4.95. The van der Waals surface area contributed by atoms with Crippen molar-refractivity contribution in [2.45, 2.75) is 33.1 Å². The van der Waals surface area contributed by atoms with E-state index in [2.05, 4.69) is 6.92 Å². The Morgan fingerprint density at radius 2 is 2.00 bits per heavy atom. The number of ketones is 1. The van der Waals surface area contributed by atoms with Crippen LogP contribution in [-0.2, 0) is 11.2 Å². The van der Waals surface area contributed by atoms with Gasteiger partial charge in [-0.1, -0.05) is 38.1 Å². The standard InChI is InChI=1S/C16H21NO2/c1-3-13-6-8-14(9-7-13)15(18)11-17-10-4-5-12(2)16(17)19/h6-9,12H,3-5,10-11H2,1-2H3. The van der Waals surface area contributed by atoms with Gasteiger partial charge in [0.15, 0.2) is 5.78 Å². The van der Waals surface area contributed by atoms with Crippen molar-refractivity contribution in [1.29, 1.82) is 0 Å². The average molecular weight is 259 g/mol. The molecule has 0 saturated carbocycles. The molecule has 0 spiro atoms. The zero-order valence-corrected chi connectivity index (χ0v) is 11.7. The SMILES string of the molecule is CCc1ccc(C(=O)CN2CCCC(C)C2=O)cc1. The number of likely N-dealkylation sites (tertiary alicyclic amines) is 1. The highest BCUT2D eigenvalue weighted by Crippen LogP contribution is 2.17. The number of aryl methyl sites for hydroxylation is 1. The molecule has 19 heavy (non-hydrogen) atoms. The molecule has 1 aromatic carbocycles. The average Bonchev–Trinajstić information content (AvgIpc) is 2.44. The first-order chi connectivity index (χ1) is 9.11. The minimum atomic E-state index is 0.0325. The lowest BCUT2D eigenvalue weighted by Gasteiger charge is -2.30. The number of rotatable bonds is 4. The number of Topliss-reactive ketones (excluding diaryl/α,β-unsaturated/α-hetero) is 1. The van der Waals surface area contributed by atoms with Gasteiger partial charge >= 0.3 is 0 Å². The Hall–Kier alpha value is -1.64. The molecule has 0 radical (unpaired) electrons. The Balaban J connectivity index is 2.01.